The topological polar surface area (TPSA) is 93.2 Å². The van der Waals surface area contributed by atoms with Crippen LogP contribution in [0.3, 0.4) is 0 Å². The van der Waals surface area contributed by atoms with Gasteiger partial charge in [-0.15, -0.1) is 10.2 Å². The van der Waals surface area contributed by atoms with Crippen LogP contribution in [-0.4, -0.2) is 25.7 Å². The van der Waals surface area contributed by atoms with E-state index in [0.29, 0.717) is 5.82 Å². The van der Waals surface area contributed by atoms with Crippen molar-refractivity contribution in [1.82, 2.24) is 10.2 Å². The van der Waals surface area contributed by atoms with Crippen LogP contribution in [0.15, 0.2) is 65.6 Å². The number of benzene rings is 2. The van der Waals surface area contributed by atoms with Gasteiger partial charge >= 0.3 is 0 Å². The van der Waals surface area contributed by atoms with Crippen molar-refractivity contribution in [3.63, 3.8) is 0 Å². The number of sulfonamides is 1. The fourth-order valence-corrected chi connectivity index (χ4v) is 3.37. The van der Waals surface area contributed by atoms with Gasteiger partial charge in [-0.3, -0.25) is 4.72 Å². The molecule has 0 unspecified atom stereocenters. The summed E-state index contributed by atoms with van der Waals surface area (Å²) in [6.45, 7) is 2.01. The van der Waals surface area contributed by atoms with Crippen LogP contribution in [0.5, 0.6) is 5.75 Å². The Kier molecular flexibility index (Phi) is 5.56. The van der Waals surface area contributed by atoms with E-state index in [1.54, 1.807) is 43.5 Å². The van der Waals surface area contributed by atoms with Gasteiger partial charge in [0, 0.05) is 5.69 Å². The summed E-state index contributed by atoms with van der Waals surface area (Å²) in [5.41, 5.74) is 1.89. The van der Waals surface area contributed by atoms with E-state index in [2.05, 4.69) is 20.2 Å². The van der Waals surface area contributed by atoms with Crippen molar-refractivity contribution >= 4 is 27.3 Å². The molecule has 8 heteroatoms. The van der Waals surface area contributed by atoms with Gasteiger partial charge in [0.15, 0.2) is 11.6 Å². The van der Waals surface area contributed by atoms with Gasteiger partial charge < -0.3 is 10.1 Å². The first-order valence-corrected chi connectivity index (χ1v) is 9.85. The molecule has 1 aromatic heterocycles. The highest BCUT2D eigenvalue weighted by Crippen LogP contribution is 2.20. The van der Waals surface area contributed by atoms with E-state index in [1.165, 1.54) is 0 Å². The van der Waals surface area contributed by atoms with Crippen molar-refractivity contribution in [2.75, 3.05) is 17.1 Å². The lowest BCUT2D eigenvalue weighted by Gasteiger charge is -2.09. The molecule has 3 rings (SSSR count). The Morgan fingerprint density at radius 3 is 2.07 bits per heavy atom. The van der Waals surface area contributed by atoms with Gasteiger partial charge in [0.05, 0.1) is 12.0 Å². The van der Waals surface area contributed by atoms with E-state index in [9.17, 15) is 8.42 Å². The second-order valence-electron chi connectivity index (χ2n) is 5.76. The standard InChI is InChI=1S/C19H20N4O3S/c1-3-14-4-10-17(11-5-14)27(24,25)23-19-13-12-18(21-22-19)20-15-6-8-16(26-2)9-7-15/h4-13H,3H2,1-2H3,(H,20,21)(H,22,23). The molecule has 1 heterocycles. The fourth-order valence-electron chi connectivity index (χ4n) is 2.38. The molecule has 0 aliphatic carbocycles. The third-order valence-electron chi connectivity index (χ3n) is 3.91. The maximum Gasteiger partial charge on any atom is 0.263 e. The average Bonchev–Trinajstić information content (AvgIpc) is 2.70. The van der Waals surface area contributed by atoms with Crippen LogP contribution >= 0.6 is 0 Å². The number of ether oxygens (including phenoxy) is 1. The SMILES string of the molecule is CCc1ccc(S(=O)(=O)Nc2ccc(Nc3ccc(OC)cc3)nn2)cc1. The van der Waals surface area contributed by atoms with Crippen molar-refractivity contribution in [2.45, 2.75) is 18.2 Å². The lowest BCUT2D eigenvalue weighted by atomic mass is 10.2. The molecule has 0 atom stereocenters. The van der Waals surface area contributed by atoms with Gasteiger partial charge in [-0.2, -0.15) is 0 Å². The van der Waals surface area contributed by atoms with Gasteiger partial charge in [-0.25, -0.2) is 8.42 Å². The molecule has 0 bridgehead atoms. The Labute approximate surface area is 158 Å². The summed E-state index contributed by atoms with van der Waals surface area (Å²) in [5.74, 6) is 1.40. The normalized spacial score (nSPS) is 11.0. The number of nitrogens with zero attached hydrogens (tertiary/aromatic N) is 2. The minimum absolute atomic E-state index is 0.148. The van der Waals surface area contributed by atoms with Crippen LogP contribution < -0.4 is 14.8 Å². The molecule has 2 aromatic carbocycles. The summed E-state index contributed by atoms with van der Waals surface area (Å²) in [6.07, 6.45) is 0.849. The molecule has 7 nitrogen and oxygen atoms in total. The zero-order chi connectivity index (χ0) is 19.3. The number of hydrogen-bond donors (Lipinski definition) is 2. The molecule has 0 aliphatic heterocycles. The van der Waals surface area contributed by atoms with Crippen molar-refractivity contribution in [3.8, 4) is 5.75 Å². The summed E-state index contributed by atoms with van der Waals surface area (Å²) in [5, 5.41) is 11.0. The number of aromatic nitrogens is 2. The van der Waals surface area contributed by atoms with Gasteiger partial charge in [-0.1, -0.05) is 19.1 Å². The Morgan fingerprint density at radius 2 is 1.52 bits per heavy atom. The van der Waals surface area contributed by atoms with Gasteiger partial charge in [-0.05, 0) is 60.5 Å². The molecule has 140 valence electrons. The largest absolute Gasteiger partial charge is 0.497 e. The molecule has 0 fully saturated rings. The first kappa shape index (κ1) is 18.7. The minimum Gasteiger partial charge on any atom is -0.497 e. The van der Waals surface area contributed by atoms with E-state index in [0.717, 1.165) is 23.4 Å². The van der Waals surface area contributed by atoms with Crippen molar-refractivity contribution < 1.29 is 13.2 Å². The van der Waals surface area contributed by atoms with Crippen molar-refractivity contribution in [2.24, 2.45) is 0 Å². The van der Waals surface area contributed by atoms with Crippen LogP contribution in [0, 0.1) is 0 Å². The molecule has 3 aromatic rings. The number of aryl methyl sites for hydroxylation is 1. The molecule has 0 saturated carbocycles. The van der Waals surface area contributed by atoms with Crippen LogP contribution in [0.25, 0.3) is 0 Å². The number of methoxy groups -OCH3 is 1. The molecular weight excluding hydrogens is 364 g/mol. The molecule has 0 spiro atoms. The predicted molar refractivity (Wildman–Crippen MR) is 105 cm³/mol. The van der Waals surface area contributed by atoms with Crippen LogP contribution in [0.4, 0.5) is 17.3 Å². The summed E-state index contributed by atoms with van der Waals surface area (Å²) < 4.78 is 32.4. The number of hydrogen-bond acceptors (Lipinski definition) is 6. The second kappa shape index (κ2) is 8.05. The van der Waals surface area contributed by atoms with E-state index >= 15 is 0 Å². The van der Waals surface area contributed by atoms with Gasteiger partial charge in [0.2, 0.25) is 0 Å². The highest BCUT2D eigenvalue weighted by atomic mass is 32.2. The summed E-state index contributed by atoms with van der Waals surface area (Å²) in [6, 6.07) is 17.3. The first-order chi connectivity index (χ1) is 13.0. The average molecular weight is 384 g/mol. The minimum atomic E-state index is -3.70. The maximum atomic E-state index is 12.4. The zero-order valence-corrected chi connectivity index (χ0v) is 15.8. The Bertz CT molecular complexity index is 987. The Hall–Kier alpha value is -3.13. The summed E-state index contributed by atoms with van der Waals surface area (Å²) >= 11 is 0. The third kappa shape index (κ3) is 4.73. The predicted octanol–water partition coefficient (Wildman–Crippen LogP) is 3.59. The van der Waals surface area contributed by atoms with Crippen molar-refractivity contribution in [1.29, 1.82) is 0 Å². The molecule has 0 aliphatic rings. The van der Waals surface area contributed by atoms with E-state index < -0.39 is 10.0 Å². The highest BCUT2D eigenvalue weighted by Gasteiger charge is 2.15. The summed E-state index contributed by atoms with van der Waals surface area (Å²) in [7, 11) is -2.10. The van der Waals surface area contributed by atoms with Gasteiger partial charge in [0.1, 0.15) is 5.75 Å². The Morgan fingerprint density at radius 1 is 0.889 bits per heavy atom. The fraction of sp³-hybridized carbons (Fsp3) is 0.158. The molecule has 27 heavy (non-hydrogen) atoms. The molecule has 0 amide bonds. The van der Waals surface area contributed by atoms with E-state index in [1.807, 2.05) is 31.2 Å². The van der Waals surface area contributed by atoms with Gasteiger partial charge in [0.25, 0.3) is 10.0 Å². The number of rotatable bonds is 7. The second-order valence-corrected chi connectivity index (χ2v) is 7.44. The quantitative estimate of drug-likeness (QED) is 0.647. The van der Waals surface area contributed by atoms with Crippen LogP contribution in [0.2, 0.25) is 0 Å². The first-order valence-electron chi connectivity index (χ1n) is 8.37. The highest BCUT2D eigenvalue weighted by molar-refractivity contribution is 7.92. The van der Waals surface area contributed by atoms with E-state index in [4.69, 9.17) is 4.74 Å². The molecule has 2 N–H and O–H groups in total. The number of nitrogens with one attached hydrogen (secondary N) is 2. The molecule has 0 saturated heterocycles. The zero-order valence-electron chi connectivity index (χ0n) is 15.0. The number of anilines is 3. The maximum absolute atomic E-state index is 12.4. The lowest BCUT2D eigenvalue weighted by molar-refractivity contribution is 0.415. The lowest BCUT2D eigenvalue weighted by Crippen LogP contribution is -2.14. The van der Waals surface area contributed by atoms with Crippen molar-refractivity contribution in [3.05, 3.63) is 66.2 Å². The van der Waals surface area contributed by atoms with E-state index in [-0.39, 0.29) is 10.7 Å². The monoisotopic (exact) mass is 384 g/mol. The van der Waals surface area contributed by atoms with Crippen LogP contribution in [0.1, 0.15) is 12.5 Å². The third-order valence-corrected chi connectivity index (χ3v) is 5.28. The molecule has 0 radical (unpaired) electrons. The Balaban J connectivity index is 1.68. The summed E-state index contributed by atoms with van der Waals surface area (Å²) in [4.78, 5) is 0.182. The molecular formula is C19H20N4O3S. The van der Waals surface area contributed by atoms with Crippen LogP contribution in [-0.2, 0) is 16.4 Å². The smallest absolute Gasteiger partial charge is 0.263 e.